The third-order valence-electron chi connectivity index (χ3n) is 2.40. The highest BCUT2D eigenvalue weighted by atomic mass is 32.2. The van der Waals surface area contributed by atoms with Crippen LogP contribution in [0.15, 0.2) is 29.2 Å². The molecule has 0 saturated carbocycles. The highest BCUT2D eigenvalue weighted by molar-refractivity contribution is 7.99. The minimum absolute atomic E-state index is 0.191. The first kappa shape index (κ1) is 14.1. The second-order valence-electron chi connectivity index (χ2n) is 4.72. The minimum Gasteiger partial charge on any atom is -0.481 e. The average Bonchev–Trinajstić information content (AvgIpc) is 2.18. The van der Waals surface area contributed by atoms with Crippen LogP contribution in [0.3, 0.4) is 0 Å². The van der Waals surface area contributed by atoms with Crippen molar-refractivity contribution in [2.75, 3.05) is 0 Å². The molecule has 17 heavy (non-hydrogen) atoms. The molecule has 0 amide bonds. The van der Waals surface area contributed by atoms with E-state index < -0.39 is 5.97 Å². The number of carboxylic acids is 1. The number of carbonyl (C=O) groups is 1. The second-order valence-corrected chi connectivity index (χ2v) is 6.37. The smallest absolute Gasteiger partial charge is 0.303 e. The van der Waals surface area contributed by atoms with Gasteiger partial charge in [0.2, 0.25) is 0 Å². The Morgan fingerprint density at radius 2 is 1.82 bits per heavy atom. The van der Waals surface area contributed by atoms with Gasteiger partial charge in [0.05, 0.1) is 0 Å². The SMILES string of the molecule is CC(CC(=O)O)Cc1ccc(SC(C)C)cc1. The Kier molecular flexibility index (Phi) is 5.56. The van der Waals surface area contributed by atoms with Crippen LogP contribution in [0.5, 0.6) is 0 Å². The van der Waals surface area contributed by atoms with Gasteiger partial charge in [-0.2, -0.15) is 0 Å². The van der Waals surface area contributed by atoms with Crippen molar-refractivity contribution in [1.29, 1.82) is 0 Å². The summed E-state index contributed by atoms with van der Waals surface area (Å²) in [5, 5.41) is 9.29. The van der Waals surface area contributed by atoms with Crippen molar-refractivity contribution in [3.05, 3.63) is 29.8 Å². The third-order valence-corrected chi connectivity index (χ3v) is 3.42. The molecule has 0 aliphatic heterocycles. The van der Waals surface area contributed by atoms with Gasteiger partial charge in [-0.3, -0.25) is 4.79 Å². The Hall–Kier alpha value is -0.960. The predicted molar refractivity (Wildman–Crippen MR) is 72.6 cm³/mol. The number of aliphatic carboxylic acids is 1. The Labute approximate surface area is 107 Å². The van der Waals surface area contributed by atoms with E-state index in [2.05, 4.69) is 38.1 Å². The standard InChI is InChI=1S/C14H20O2S/c1-10(2)17-13-6-4-12(5-7-13)8-11(3)9-14(15)16/h4-7,10-11H,8-9H2,1-3H3,(H,15,16). The maximum atomic E-state index is 10.6. The second kappa shape index (κ2) is 6.70. The summed E-state index contributed by atoms with van der Waals surface area (Å²) in [5.41, 5.74) is 1.21. The van der Waals surface area contributed by atoms with Crippen LogP contribution < -0.4 is 0 Å². The molecule has 1 unspecified atom stereocenters. The molecule has 0 radical (unpaired) electrons. The third kappa shape index (κ3) is 5.78. The Bertz CT molecular complexity index is 357. The fourth-order valence-electron chi connectivity index (χ4n) is 1.75. The van der Waals surface area contributed by atoms with Crippen molar-refractivity contribution in [2.24, 2.45) is 5.92 Å². The Balaban J connectivity index is 2.53. The van der Waals surface area contributed by atoms with Gasteiger partial charge in [-0.1, -0.05) is 32.9 Å². The van der Waals surface area contributed by atoms with Crippen LogP contribution in [0.25, 0.3) is 0 Å². The first-order valence-corrected chi connectivity index (χ1v) is 6.82. The van der Waals surface area contributed by atoms with E-state index in [-0.39, 0.29) is 12.3 Å². The van der Waals surface area contributed by atoms with Crippen molar-refractivity contribution < 1.29 is 9.90 Å². The Morgan fingerprint density at radius 3 is 2.29 bits per heavy atom. The van der Waals surface area contributed by atoms with Gasteiger partial charge in [0, 0.05) is 16.6 Å². The normalized spacial score (nSPS) is 12.7. The molecule has 0 aromatic heterocycles. The number of rotatable bonds is 6. The maximum absolute atomic E-state index is 10.6. The van der Waals surface area contributed by atoms with Crippen LogP contribution in [0.1, 0.15) is 32.8 Å². The molecule has 0 heterocycles. The molecule has 0 spiro atoms. The van der Waals surface area contributed by atoms with Crippen LogP contribution in [0.4, 0.5) is 0 Å². The van der Waals surface area contributed by atoms with E-state index in [4.69, 9.17) is 5.11 Å². The van der Waals surface area contributed by atoms with E-state index in [0.29, 0.717) is 5.25 Å². The summed E-state index contributed by atoms with van der Waals surface area (Å²) < 4.78 is 0. The lowest BCUT2D eigenvalue weighted by molar-refractivity contribution is -0.137. The van der Waals surface area contributed by atoms with Gasteiger partial charge < -0.3 is 5.11 Å². The number of benzene rings is 1. The fourth-order valence-corrected chi connectivity index (χ4v) is 2.59. The summed E-state index contributed by atoms with van der Waals surface area (Å²) in [6, 6.07) is 8.44. The molecule has 3 heteroatoms. The van der Waals surface area contributed by atoms with E-state index in [1.54, 1.807) is 0 Å². The van der Waals surface area contributed by atoms with Crippen molar-refractivity contribution in [3.8, 4) is 0 Å². The Morgan fingerprint density at radius 1 is 1.24 bits per heavy atom. The molecular weight excluding hydrogens is 232 g/mol. The first-order valence-electron chi connectivity index (χ1n) is 5.94. The van der Waals surface area contributed by atoms with Crippen molar-refractivity contribution in [3.63, 3.8) is 0 Å². The van der Waals surface area contributed by atoms with Crippen molar-refractivity contribution >= 4 is 17.7 Å². The van der Waals surface area contributed by atoms with Crippen LogP contribution in [0, 0.1) is 5.92 Å². The molecule has 1 aromatic carbocycles. The lowest BCUT2D eigenvalue weighted by atomic mass is 9.98. The molecule has 0 aliphatic rings. The van der Waals surface area contributed by atoms with E-state index in [1.807, 2.05) is 18.7 Å². The van der Waals surface area contributed by atoms with Crippen LogP contribution >= 0.6 is 11.8 Å². The zero-order valence-electron chi connectivity index (χ0n) is 10.6. The lowest BCUT2D eigenvalue weighted by Crippen LogP contribution is -2.06. The topological polar surface area (TPSA) is 37.3 Å². The van der Waals surface area contributed by atoms with Crippen LogP contribution in [0.2, 0.25) is 0 Å². The predicted octanol–water partition coefficient (Wildman–Crippen LogP) is 3.84. The molecule has 0 bridgehead atoms. The van der Waals surface area contributed by atoms with Gasteiger partial charge in [-0.05, 0) is 30.0 Å². The quantitative estimate of drug-likeness (QED) is 0.782. The summed E-state index contributed by atoms with van der Waals surface area (Å²) >= 11 is 1.84. The number of hydrogen-bond donors (Lipinski definition) is 1. The van der Waals surface area contributed by atoms with Crippen molar-refractivity contribution in [1.82, 2.24) is 0 Å². The highest BCUT2D eigenvalue weighted by Crippen LogP contribution is 2.23. The number of hydrogen-bond acceptors (Lipinski definition) is 2. The number of carboxylic acid groups (broad SMARTS) is 1. The zero-order chi connectivity index (χ0) is 12.8. The molecule has 1 aromatic rings. The van der Waals surface area contributed by atoms with Gasteiger partial charge in [0.15, 0.2) is 0 Å². The van der Waals surface area contributed by atoms with E-state index in [1.165, 1.54) is 10.5 Å². The fraction of sp³-hybridized carbons (Fsp3) is 0.500. The molecule has 94 valence electrons. The van der Waals surface area contributed by atoms with Gasteiger partial charge in [-0.25, -0.2) is 0 Å². The van der Waals surface area contributed by atoms with Gasteiger partial charge in [-0.15, -0.1) is 11.8 Å². The van der Waals surface area contributed by atoms with Gasteiger partial charge >= 0.3 is 5.97 Å². The van der Waals surface area contributed by atoms with E-state index in [9.17, 15) is 4.79 Å². The molecule has 1 atom stereocenters. The largest absolute Gasteiger partial charge is 0.481 e. The van der Waals surface area contributed by atoms with Gasteiger partial charge in [0.25, 0.3) is 0 Å². The van der Waals surface area contributed by atoms with E-state index >= 15 is 0 Å². The monoisotopic (exact) mass is 252 g/mol. The molecule has 1 rings (SSSR count). The van der Waals surface area contributed by atoms with Crippen molar-refractivity contribution in [2.45, 2.75) is 43.8 Å². The molecule has 0 fully saturated rings. The highest BCUT2D eigenvalue weighted by Gasteiger charge is 2.08. The van der Waals surface area contributed by atoms with E-state index in [0.717, 1.165) is 6.42 Å². The molecule has 1 N–H and O–H groups in total. The summed E-state index contributed by atoms with van der Waals surface area (Å²) in [5.74, 6) is -0.527. The van der Waals surface area contributed by atoms with Gasteiger partial charge in [0.1, 0.15) is 0 Å². The first-order chi connectivity index (χ1) is 7.97. The minimum atomic E-state index is -0.718. The lowest BCUT2D eigenvalue weighted by Gasteiger charge is -2.10. The van der Waals surface area contributed by atoms with Crippen LogP contribution in [-0.2, 0) is 11.2 Å². The molecule has 0 saturated heterocycles. The summed E-state index contributed by atoms with van der Waals surface area (Å²) in [6.45, 7) is 6.33. The average molecular weight is 252 g/mol. The summed E-state index contributed by atoms with van der Waals surface area (Å²) in [4.78, 5) is 11.8. The molecular formula is C14H20O2S. The summed E-state index contributed by atoms with van der Waals surface area (Å²) in [6.07, 6.45) is 1.07. The zero-order valence-corrected chi connectivity index (χ0v) is 11.5. The summed E-state index contributed by atoms with van der Waals surface area (Å²) in [7, 11) is 0. The molecule has 2 nitrogen and oxygen atoms in total. The molecule has 0 aliphatic carbocycles. The number of thioether (sulfide) groups is 1. The van der Waals surface area contributed by atoms with Crippen LogP contribution in [-0.4, -0.2) is 16.3 Å². The maximum Gasteiger partial charge on any atom is 0.303 e.